The number of hydrogen-bond acceptors (Lipinski definition) is 2. The number of halogens is 2. The lowest BCUT2D eigenvalue weighted by Gasteiger charge is -2.00. The van der Waals surface area contributed by atoms with Crippen LogP contribution in [0.5, 0.6) is 0 Å². The molecule has 4 heteroatoms. The highest BCUT2D eigenvalue weighted by Crippen LogP contribution is 2.14. The Bertz CT molecular complexity index is 240. The van der Waals surface area contributed by atoms with Crippen LogP contribution in [0.2, 0.25) is 0 Å². The zero-order valence-corrected chi connectivity index (χ0v) is 6.31. The Kier molecular flexibility index (Phi) is 2.12. The van der Waals surface area contributed by atoms with E-state index >= 15 is 0 Å². The van der Waals surface area contributed by atoms with Crippen LogP contribution in [0, 0.1) is 13.8 Å². The lowest BCUT2D eigenvalue weighted by Crippen LogP contribution is -1.98. The maximum absolute atomic E-state index is 12.0. The second kappa shape index (κ2) is 2.90. The Labute approximate surface area is 63.3 Å². The number of aryl methyl sites for hydroxylation is 2. The molecular formula is C7H8F2N2. The third-order valence-electron chi connectivity index (χ3n) is 1.19. The second-order valence-electron chi connectivity index (χ2n) is 2.31. The average molecular weight is 158 g/mol. The van der Waals surface area contributed by atoms with Crippen LogP contribution < -0.4 is 0 Å². The molecule has 1 rings (SSSR count). The van der Waals surface area contributed by atoms with Gasteiger partial charge in [-0.3, -0.25) is 0 Å². The number of hydrogen-bond donors (Lipinski definition) is 0. The summed E-state index contributed by atoms with van der Waals surface area (Å²) in [5.41, 5.74) is 1.15. The minimum absolute atomic E-state index is 0.387. The molecule has 0 aliphatic heterocycles. The van der Waals surface area contributed by atoms with Crippen LogP contribution in [0.4, 0.5) is 8.78 Å². The van der Waals surface area contributed by atoms with Gasteiger partial charge >= 0.3 is 0 Å². The second-order valence-corrected chi connectivity index (χ2v) is 2.31. The van der Waals surface area contributed by atoms with E-state index in [1.165, 1.54) is 0 Å². The van der Waals surface area contributed by atoms with Crippen LogP contribution in [0.1, 0.15) is 23.6 Å². The van der Waals surface area contributed by atoms with Gasteiger partial charge < -0.3 is 0 Å². The summed E-state index contributed by atoms with van der Waals surface area (Å²) in [6.07, 6.45) is -2.58. The van der Waals surface area contributed by atoms with Crippen molar-refractivity contribution in [3.63, 3.8) is 0 Å². The molecule has 1 heterocycles. The van der Waals surface area contributed by atoms with Crippen LogP contribution in [0.15, 0.2) is 6.07 Å². The Morgan fingerprint density at radius 3 is 2.00 bits per heavy atom. The number of alkyl halides is 2. The van der Waals surface area contributed by atoms with Crippen molar-refractivity contribution in [1.82, 2.24) is 9.97 Å². The first-order chi connectivity index (χ1) is 5.09. The van der Waals surface area contributed by atoms with E-state index in [9.17, 15) is 8.78 Å². The summed E-state index contributed by atoms with van der Waals surface area (Å²) in [7, 11) is 0. The molecule has 1 aromatic rings. The van der Waals surface area contributed by atoms with Crippen LogP contribution >= 0.6 is 0 Å². The highest BCUT2D eigenvalue weighted by molar-refractivity contribution is 5.08. The lowest BCUT2D eigenvalue weighted by molar-refractivity contribution is 0.140. The molecule has 0 aliphatic rings. The fourth-order valence-corrected chi connectivity index (χ4v) is 0.851. The summed E-state index contributed by atoms with van der Waals surface area (Å²) >= 11 is 0. The quantitative estimate of drug-likeness (QED) is 0.624. The number of rotatable bonds is 1. The van der Waals surface area contributed by atoms with Crippen molar-refractivity contribution >= 4 is 0 Å². The van der Waals surface area contributed by atoms with Crippen molar-refractivity contribution in [1.29, 1.82) is 0 Å². The van der Waals surface area contributed by atoms with Gasteiger partial charge in [0.25, 0.3) is 6.43 Å². The van der Waals surface area contributed by atoms with Crippen LogP contribution in [0.25, 0.3) is 0 Å². The fraction of sp³-hybridized carbons (Fsp3) is 0.429. The number of nitrogens with zero attached hydrogens (tertiary/aromatic N) is 2. The topological polar surface area (TPSA) is 25.8 Å². The van der Waals surface area contributed by atoms with Gasteiger partial charge in [0.05, 0.1) is 0 Å². The highest BCUT2D eigenvalue weighted by Gasteiger charge is 2.10. The molecule has 0 spiro atoms. The van der Waals surface area contributed by atoms with Gasteiger partial charge in [0.1, 0.15) is 0 Å². The molecule has 0 aromatic carbocycles. The predicted octanol–water partition coefficient (Wildman–Crippen LogP) is 2.03. The molecule has 0 N–H and O–H groups in total. The first kappa shape index (κ1) is 8.04. The van der Waals surface area contributed by atoms with Gasteiger partial charge in [0.2, 0.25) is 0 Å². The van der Waals surface area contributed by atoms with Crippen molar-refractivity contribution < 1.29 is 8.78 Å². The monoisotopic (exact) mass is 158 g/mol. The third-order valence-corrected chi connectivity index (χ3v) is 1.19. The molecule has 0 unspecified atom stereocenters. The summed E-state index contributed by atoms with van der Waals surface area (Å²) in [5, 5.41) is 0. The van der Waals surface area contributed by atoms with E-state index in [0.717, 1.165) is 0 Å². The Hall–Kier alpha value is -1.06. The van der Waals surface area contributed by atoms with Gasteiger partial charge in [-0.2, -0.15) is 0 Å². The van der Waals surface area contributed by atoms with E-state index in [-0.39, 0.29) is 5.82 Å². The van der Waals surface area contributed by atoms with Crippen LogP contribution in [0.3, 0.4) is 0 Å². The summed E-state index contributed by atoms with van der Waals surface area (Å²) < 4.78 is 24.0. The molecule has 2 nitrogen and oxygen atoms in total. The van der Waals surface area contributed by atoms with Crippen molar-refractivity contribution in [2.45, 2.75) is 20.3 Å². The molecule has 11 heavy (non-hydrogen) atoms. The smallest absolute Gasteiger partial charge is 0.233 e. The molecule has 0 bridgehead atoms. The van der Waals surface area contributed by atoms with Gasteiger partial charge in [-0.1, -0.05) is 0 Å². The maximum Gasteiger partial charge on any atom is 0.297 e. The largest absolute Gasteiger partial charge is 0.297 e. The molecule has 0 saturated carbocycles. The van der Waals surface area contributed by atoms with Crippen molar-refractivity contribution in [2.24, 2.45) is 0 Å². The van der Waals surface area contributed by atoms with Gasteiger partial charge in [0, 0.05) is 11.4 Å². The Morgan fingerprint density at radius 1 is 1.18 bits per heavy atom. The molecule has 0 fully saturated rings. The highest BCUT2D eigenvalue weighted by atomic mass is 19.3. The third kappa shape index (κ3) is 1.93. The Balaban J connectivity index is 3.08. The molecule has 0 saturated heterocycles. The zero-order chi connectivity index (χ0) is 8.43. The van der Waals surface area contributed by atoms with Gasteiger partial charge in [-0.25, -0.2) is 18.7 Å². The lowest BCUT2D eigenvalue weighted by atomic mass is 10.3. The van der Waals surface area contributed by atoms with Crippen LogP contribution in [-0.4, -0.2) is 9.97 Å². The SMILES string of the molecule is Cc1cc(C)nc(C(F)F)n1. The van der Waals surface area contributed by atoms with E-state index in [4.69, 9.17) is 0 Å². The summed E-state index contributed by atoms with van der Waals surface area (Å²) in [5.74, 6) is -0.387. The molecule has 1 aromatic heterocycles. The van der Waals surface area contributed by atoms with E-state index in [1.807, 2.05) is 0 Å². The summed E-state index contributed by atoms with van der Waals surface area (Å²) in [4.78, 5) is 7.14. The van der Waals surface area contributed by atoms with Crippen molar-refractivity contribution in [3.8, 4) is 0 Å². The molecule has 0 radical (unpaired) electrons. The minimum Gasteiger partial charge on any atom is -0.233 e. The van der Waals surface area contributed by atoms with E-state index in [1.54, 1.807) is 19.9 Å². The Morgan fingerprint density at radius 2 is 1.64 bits per heavy atom. The molecular weight excluding hydrogens is 150 g/mol. The molecule has 0 aliphatic carbocycles. The maximum atomic E-state index is 12.0. The van der Waals surface area contributed by atoms with Gasteiger partial charge in [-0.15, -0.1) is 0 Å². The molecule has 0 atom stereocenters. The molecule has 60 valence electrons. The summed E-state index contributed by atoms with van der Waals surface area (Å²) in [6, 6.07) is 1.66. The molecule has 0 amide bonds. The first-order valence-electron chi connectivity index (χ1n) is 3.20. The van der Waals surface area contributed by atoms with Crippen molar-refractivity contribution in [2.75, 3.05) is 0 Å². The fourth-order valence-electron chi connectivity index (χ4n) is 0.851. The normalized spacial score (nSPS) is 10.6. The van der Waals surface area contributed by atoms with Crippen molar-refractivity contribution in [3.05, 3.63) is 23.3 Å². The zero-order valence-electron chi connectivity index (χ0n) is 6.31. The van der Waals surface area contributed by atoms with E-state index in [2.05, 4.69) is 9.97 Å². The number of aromatic nitrogens is 2. The van der Waals surface area contributed by atoms with Gasteiger partial charge in [-0.05, 0) is 19.9 Å². The predicted molar refractivity (Wildman–Crippen MR) is 36.5 cm³/mol. The van der Waals surface area contributed by atoms with Crippen LogP contribution in [-0.2, 0) is 0 Å². The summed E-state index contributed by atoms with van der Waals surface area (Å²) in [6.45, 7) is 3.33. The minimum atomic E-state index is -2.58. The van der Waals surface area contributed by atoms with E-state index in [0.29, 0.717) is 11.4 Å². The average Bonchev–Trinajstić information content (AvgIpc) is 1.85. The standard InChI is InChI=1S/C7H8F2N2/c1-4-3-5(2)11-7(10-4)6(8)9/h3,6H,1-2H3. The first-order valence-corrected chi connectivity index (χ1v) is 3.20. The van der Waals surface area contributed by atoms with E-state index < -0.39 is 6.43 Å². The van der Waals surface area contributed by atoms with Gasteiger partial charge in [0.15, 0.2) is 5.82 Å².